The average Bonchev–Trinajstić information content (AvgIpc) is 3.60. The van der Waals surface area contributed by atoms with Crippen LogP contribution in [0.1, 0.15) is 5.69 Å². The van der Waals surface area contributed by atoms with Crippen LogP contribution in [-0.2, 0) is 6.42 Å². The van der Waals surface area contributed by atoms with Crippen LogP contribution >= 0.6 is 12.4 Å². The van der Waals surface area contributed by atoms with Gasteiger partial charge in [-0.2, -0.15) is 0 Å². The molecule has 0 unspecified atom stereocenters. The molecule has 0 atom stereocenters. The summed E-state index contributed by atoms with van der Waals surface area (Å²) in [4.78, 5) is 19.5. The number of urea groups is 1. The minimum Gasteiger partial charge on any atom is -0.495 e. The molecule has 4 rings (SSSR count). The molecule has 0 aliphatic carbocycles. The Hall–Kier alpha value is -4.38. The Morgan fingerprint density at radius 2 is 1.70 bits per heavy atom. The van der Waals surface area contributed by atoms with E-state index in [1.807, 2.05) is 6.07 Å². The van der Waals surface area contributed by atoms with E-state index in [9.17, 15) is 4.79 Å². The zero-order valence-corrected chi connectivity index (χ0v) is 21.6. The van der Waals surface area contributed by atoms with Gasteiger partial charge in [0.05, 0.1) is 40.5 Å². The van der Waals surface area contributed by atoms with Crippen LogP contribution < -0.4 is 29.6 Å². The molecule has 2 heterocycles. The number of carbonyl (C=O) groups is 1. The van der Waals surface area contributed by atoms with E-state index in [1.165, 1.54) is 13.4 Å². The number of rotatable bonds is 10. The average molecular weight is 530 g/mol. The first-order valence-electron chi connectivity index (χ1n) is 11.0. The quantitative estimate of drug-likeness (QED) is 0.272. The van der Waals surface area contributed by atoms with Crippen LogP contribution in [0.3, 0.4) is 0 Å². The molecular formula is C25H28ClN5O6. The highest BCUT2D eigenvalue weighted by molar-refractivity contribution is 5.93. The summed E-state index contributed by atoms with van der Waals surface area (Å²) in [6.07, 6.45) is 5.48. The number of benzene rings is 2. The van der Waals surface area contributed by atoms with Crippen molar-refractivity contribution in [2.75, 3.05) is 40.3 Å². The van der Waals surface area contributed by atoms with E-state index in [4.69, 9.17) is 23.5 Å². The number of H-pyrrole nitrogens is 1. The first kappa shape index (κ1) is 27.2. The van der Waals surface area contributed by atoms with E-state index in [0.717, 1.165) is 11.3 Å². The van der Waals surface area contributed by atoms with Crippen LogP contribution in [0, 0.1) is 0 Å². The standard InChI is InChI=1S/C25H27N5O6.ClH/c1-32-20-6-5-15(9-19(20)29-25(31)27-8-7-17-12-26-14-28-17)18-13-36-30-23(18)16-10-21(33-2)24(35-4)22(11-16)34-3;/h5-6,9-14H,7-8H2,1-4H3,(H,26,28)(H2,27,29,31);1H. The van der Waals surface area contributed by atoms with Gasteiger partial charge >= 0.3 is 6.03 Å². The zero-order chi connectivity index (χ0) is 25.5. The fraction of sp³-hybridized carbons (Fsp3) is 0.240. The van der Waals surface area contributed by atoms with Gasteiger partial charge in [-0.05, 0) is 29.8 Å². The lowest BCUT2D eigenvalue weighted by Crippen LogP contribution is -2.30. The number of methoxy groups -OCH3 is 4. The molecule has 2 amide bonds. The summed E-state index contributed by atoms with van der Waals surface area (Å²) in [5.41, 5.74) is 4.15. The Balaban J connectivity index is 0.00000380. The van der Waals surface area contributed by atoms with E-state index < -0.39 is 0 Å². The van der Waals surface area contributed by atoms with Gasteiger partial charge in [0.1, 0.15) is 17.7 Å². The Kier molecular flexibility index (Phi) is 9.22. The highest BCUT2D eigenvalue weighted by Gasteiger charge is 2.20. The number of aromatic amines is 1. The minimum atomic E-state index is -0.361. The van der Waals surface area contributed by atoms with Gasteiger partial charge in [-0.1, -0.05) is 11.2 Å². The van der Waals surface area contributed by atoms with Crippen LogP contribution in [0.2, 0.25) is 0 Å². The molecule has 37 heavy (non-hydrogen) atoms. The van der Waals surface area contributed by atoms with Crippen molar-refractivity contribution in [3.05, 3.63) is 54.8 Å². The number of ether oxygens (including phenoxy) is 4. The molecule has 0 aliphatic heterocycles. The minimum absolute atomic E-state index is 0. The van der Waals surface area contributed by atoms with Gasteiger partial charge in [0.25, 0.3) is 0 Å². The summed E-state index contributed by atoms with van der Waals surface area (Å²) in [5, 5.41) is 9.87. The molecule has 0 saturated heterocycles. The second kappa shape index (κ2) is 12.5. The zero-order valence-electron chi connectivity index (χ0n) is 20.8. The SMILES string of the molecule is COc1ccc(-c2conc2-c2cc(OC)c(OC)c(OC)c2)cc1NC(=O)NCCc1cnc[nH]1.Cl. The highest BCUT2D eigenvalue weighted by atomic mass is 35.5. The van der Waals surface area contributed by atoms with Crippen molar-refractivity contribution in [1.29, 1.82) is 0 Å². The molecule has 0 radical (unpaired) electrons. The number of carbonyl (C=O) groups excluding carboxylic acids is 1. The topological polar surface area (TPSA) is 133 Å². The maximum atomic E-state index is 12.5. The summed E-state index contributed by atoms with van der Waals surface area (Å²) in [6.45, 7) is 0.437. The van der Waals surface area contributed by atoms with Gasteiger partial charge in [0.2, 0.25) is 5.75 Å². The van der Waals surface area contributed by atoms with Crippen LogP contribution in [-0.4, -0.2) is 56.1 Å². The van der Waals surface area contributed by atoms with Crippen LogP contribution in [0.5, 0.6) is 23.0 Å². The fourth-order valence-electron chi connectivity index (χ4n) is 3.74. The number of anilines is 1. The van der Waals surface area contributed by atoms with Crippen LogP contribution in [0.4, 0.5) is 10.5 Å². The molecule has 3 N–H and O–H groups in total. The lowest BCUT2D eigenvalue weighted by atomic mass is 10.0. The number of hydrogen-bond donors (Lipinski definition) is 3. The molecule has 2 aromatic carbocycles. The van der Waals surface area contributed by atoms with Crippen molar-refractivity contribution < 1.29 is 28.3 Å². The van der Waals surface area contributed by atoms with Crippen molar-refractivity contribution in [1.82, 2.24) is 20.4 Å². The lowest BCUT2D eigenvalue weighted by Gasteiger charge is -2.14. The molecule has 4 aromatic rings. The summed E-state index contributed by atoms with van der Waals surface area (Å²) < 4.78 is 27.1. The van der Waals surface area contributed by atoms with Crippen molar-refractivity contribution in [3.8, 4) is 45.4 Å². The van der Waals surface area contributed by atoms with Gasteiger partial charge < -0.3 is 39.1 Å². The third kappa shape index (κ3) is 6.07. The van der Waals surface area contributed by atoms with E-state index in [2.05, 4.69) is 25.8 Å². The summed E-state index contributed by atoms with van der Waals surface area (Å²) in [6, 6.07) is 8.63. The van der Waals surface area contributed by atoms with E-state index in [1.54, 1.807) is 58.1 Å². The van der Waals surface area contributed by atoms with Crippen molar-refractivity contribution in [3.63, 3.8) is 0 Å². The molecule has 0 aliphatic rings. The number of imidazole rings is 1. The Morgan fingerprint density at radius 1 is 0.973 bits per heavy atom. The Bertz CT molecular complexity index is 1300. The monoisotopic (exact) mass is 529 g/mol. The van der Waals surface area contributed by atoms with Crippen LogP contribution in [0.15, 0.2) is 53.6 Å². The number of nitrogens with one attached hydrogen (secondary N) is 3. The number of nitrogens with zero attached hydrogens (tertiary/aromatic N) is 2. The molecule has 0 spiro atoms. The third-order valence-electron chi connectivity index (χ3n) is 5.50. The van der Waals surface area contributed by atoms with Gasteiger partial charge in [0, 0.05) is 36.0 Å². The van der Waals surface area contributed by atoms with Gasteiger partial charge in [-0.25, -0.2) is 9.78 Å². The van der Waals surface area contributed by atoms with Crippen LogP contribution in [0.25, 0.3) is 22.4 Å². The first-order chi connectivity index (χ1) is 17.6. The number of hydrogen-bond acceptors (Lipinski definition) is 8. The molecule has 0 fully saturated rings. The largest absolute Gasteiger partial charge is 0.495 e. The Morgan fingerprint density at radius 3 is 2.32 bits per heavy atom. The maximum Gasteiger partial charge on any atom is 0.319 e. The van der Waals surface area contributed by atoms with E-state index in [0.29, 0.717) is 58.5 Å². The number of amides is 2. The molecule has 0 bridgehead atoms. The summed E-state index contributed by atoms with van der Waals surface area (Å²) in [7, 11) is 6.18. The highest BCUT2D eigenvalue weighted by Crippen LogP contribution is 2.43. The molecule has 196 valence electrons. The summed E-state index contributed by atoms with van der Waals surface area (Å²) >= 11 is 0. The molecule has 0 saturated carbocycles. The molecule has 12 heteroatoms. The summed E-state index contributed by atoms with van der Waals surface area (Å²) in [5.74, 6) is 1.96. The first-order valence-corrected chi connectivity index (χ1v) is 11.0. The van der Waals surface area contributed by atoms with Gasteiger partial charge in [-0.3, -0.25) is 0 Å². The van der Waals surface area contributed by atoms with Gasteiger partial charge in [-0.15, -0.1) is 12.4 Å². The van der Waals surface area contributed by atoms with E-state index >= 15 is 0 Å². The number of aromatic nitrogens is 3. The second-order valence-corrected chi connectivity index (χ2v) is 7.61. The fourth-order valence-corrected chi connectivity index (χ4v) is 3.74. The predicted octanol–water partition coefficient (Wildman–Crippen LogP) is 4.55. The maximum absolute atomic E-state index is 12.5. The molecule has 2 aromatic heterocycles. The smallest absolute Gasteiger partial charge is 0.319 e. The van der Waals surface area contributed by atoms with Crippen molar-refractivity contribution in [2.24, 2.45) is 0 Å². The van der Waals surface area contributed by atoms with Crippen molar-refractivity contribution >= 4 is 24.1 Å². The number of halogens is 1. The third-order valence-corrected chi connectivity index (χ3v) is 5.50. The van der Waals surface area contributed by atoms with E-state index in [-0.39, 0.29) is 18.4 Å². The Labute approximate surface area is 219 Å². The van der Waals surface area contributed by atoms with Crippen molar-refractivity contribution in [2.45, 2.75) is 6.42 Å². The second-order valence-electron chi connectivity index (χ2n) is 7.61. The lowest BCUT2D eigenvalue weighted by molar-refractivity contribution is 0.252. The molecular weight excluding hydrogens is 502 g/mol. The predicted molar refractivity (Wildman–Crippen MR) is 140 cm³/mol. The molecule has 11 nitrogen and oxygen atoms in total. The van der Waals surface area contributed by atoms with Gasteiger partial charge in [0.15, 0.2) is 11.5 Å². The normalized spacial score (nSPS) is 10.3.